The summed E-state index contributed by atoms with van der Waals surface area (Å²) in [5.41, 5.74) is 0. The van der Waals surface area contributed by atoms with Gasteiger partial charge in [-0.05, 0) is 0 Å². The van der Waals surface area contributed by atoms with Gasteiger partial charge in [-0.2, -0.15) is 0 Å². The molecule has 0 N–H and O–H groups in total. The number of hydrogen-bond donors (Lipinski definition) is 0. The van der Waals surface area contributed by atoms with Crippen LogP contribution in [-0.2, 0) is 0 Å². The molecule has 0 fully saturated rings. The molecule has 1 atom stereocenters. The van der Waals surface area contributed by atoms with Crippen LogP contribution in [0, 0.1) is 5.92 Å². The Morgan fingerprint density at radius 1 is 1.40 bits per heavy atom. The second-order valence-electron chi connectivity index (χ2n) is 2.75. The van der Waals surface area contributed by atoms with Crippen molar-refractivity contribution >= 4 is 21.7 Å². The fourth-order valence-electron chi connectivity index (χ4n) is 1.05. The molecule has 1 unspecified atom stereocenters. The molecular weight excluding hydrogens is 234 g/mol. The van der Waals surface area contributed by atoms with Gasteiger partial charge >= 0.3 is 74.5 Å². The van der Waals surface area contributed by atoms with E-state index in [1.807, 2.05) is 0 Å². The summed E-state index contributed by atoms with van der Waals surface area (Å²) in [7, 11) is 0. The van der Waals surface area contributed by atoms with Crippen molar-refractivity contribution in [2.45, 2.75) is 44.0 Å². The molecule has 0 rings (SSSR count). The van der Waals surface area contributed by atoms with E-state index in [1.54, 1.807) is 0 Å². The van der Waals surface area contributed by atoms with Crippen LogP contribution >= 0.6 is 0 Å². The fraction of sp³-hybridized carbons (Fsp3) is 1.00. The molecule has 2 radical (unpaired) electrons. The molecule has 0 aliphatic heterocycles. The molecular formula is C8H17FSn. The maximum atomic E-state index is 12.0. The first kappa shape index (κ1) is 10.7. The van der Waals surface area contributed by atoms with Gasteiger partial charge in [0.15, 0.2) is 0 Å². The van der Waals surface area contributed by atoms with Crippen molar-refractivity contribution in [2.24, 2.45) is 5.92 Å². The predicted molar refractivity (Wildman–Crippen MR) is 45.0 cm³/mol. The first-order valence-corrected chi connectivity index (χ1v) is 7.28. The van der Waals surface area contributed by atoms with Gasteiger partial charge in [-0.25, -0.2) is 0 Å². The molecule has 0 saturated heterocycles. The molecule has 0 aromatic rings. The SMILES string of the molecule is CCCCC(CC)[CH2][Sn][F]. The van der Waals surface area contributed by atoms with Crippen molar-refractivity contribution in [3.63, 3.8) is 0 Å². The van der Waals surface area contributed by atoms with Crippen molar-refractivity contribution in [1.29, 1.82) is 0 Å². The molecule has 0 nitrogen and oxygen atoms in total. The summed E-state index contributed by atoms with van der Waals surface area (Å²) in [5, 5.41) is 0. The van der Waals surface area contributed by atoms with E-state index in [-0.39, 0.29) is 0 Å². The van der Waals surface area contributed by atoms with Crippen molar-refractivity contribution in [1.82, 2.24) is 0 Å². The molecule has 0 heterocycles. The van der Waals surface area contributed by atoms with Crippen LogP contribution in [0.5, 0.6) is 0 Å². The Kier molecular flexibility index (Phi) is 8.40. The first-order valence-electron chi connectivity index (χ1n) is 4.18. The summed E-state index contributed by atoms with van der Waals surface area (Å²) in [4.78, 5) is 0. The van der Waals surface area contributed by atoms with Crippen LogP contribution in [0.25, 0.3) is 0 Å². The molecule has 0 aliphatic rings. The quantitative estimate of drug-likeness (QED) is 0.636. The summed E-state index contributed by atoms with van der Waals surface area (Å²) in [5.74, 6) is 0.719. The van der Waals surface area contributed by atoms with Crippen molar-refractivity contribution in [2.75, 3.05) is 0 Å². The van der Waals surface area contributed by atoms with E-state index in [1.165, 1.54) is 25.7 Å². The van der Waals surface area contributed by atoms with Crippen LogP contribution in [0.1, 0.15) is 39.5 Å². The predicted octanol–water partition coefficient (Wildman–Crippen LogP) is 3.21. The Balaban J connectivity index is 3.21. The Morgan fingerprint density at radius 3 is 2.50 bits per heavy atom. The number of halogens is 1. The van der Waals surface area contributed by atoms with Crippen molar-refractivity contribution in [3.8, 4) is 0 Å². The van der Waals surface area contributed by atoms with E-state index in [9.17, 15) is 2.87 Å². The second-order valence-corrected chi connectivity index (χ2v) is 4.68. The molecule has 0 amide bonds. The zero-order valence-corrected chi connectivity index (χ0v) is 9.84. The van der Waals surface area contributed by atoms with E-state index in [0.717, 1.165) is 10.4 Å². The molecule has 60 valence electrons. The molecule has 0 aromatic carbocycles. The minimum absolute atomic E-state index is 0.719. The van der Waals surface area contributed by atoms with Crippen LogP contribution < -0.4 is 0 Å². The summed E-state index contributed by atoms with van der Waals surface area (Å²) in [6, 6.07) is 0. The number of unbranched alkanes of at least 4 members (excludes halogenated alkanes) is 1. The summed E-state index contributed by atoms with van der Waals surface area (Å²) < 4.78 is 13.0. The van der Waals surface area contributed by atoms with Gasteiger partial charge in [0.05, 0.1) is 0 Å². The second kappa shape index (κ2) is 7.83. The zero-order valence-electron chi connectivity index (χ0n) is 6.99. The summed E-state index contributed by atoms with van der Waals surface area (Å²) in [6.45, 7) is 4.37. The molecule has 10 heavy (non-hydrogen) atoms. The zero-order chi connectivity index (χ0) is 7.82. The molecule has 2 heteroatoms. The molecule has 0 spiro atoms. The fourth-order valence-corrected chi connectivity index (χ4v) is 3.08. The molecule has 0 saturated carbocycles. The first-order chi connectivity index (χ1) is 4.85. The van der Waals surface area contributed by atoms with Gasteiger partial charge in [0.1, 0.15) is 0 Å². The molecule has 0 aliphatic carbocycles. The molecule has 0 aromatic heterocycles. The number of hydrogen-bond acceptors (Lipinski definition) is 0. The minimum atomic E-state index is -1.40. The van der Waals surface area contributed by atoms with Gasteiger partial charge < -0.3 is 0 Å². The van der Waals surface area contributed by atoms with E-state index < -0.39 is 21.7 Å². The van der Waals surface area contributed by atoms with Crippen LogP contribution in [-0.4, -0.2) is 21.7 Å². The van der Waals surface area contributed by atoms with Gasteiger partial charge in [0.25, 0.3) is 0 Å². The average Bonchev–Trinajstić information content (AvgIpc) is 1.98. The third-order valence-electron chi connectivity index (χ3n) is 1.91. The Hall–Kier alpha value is 0.729. The third kappa shape index (κ3) is 5.51. The van der Waals surface area contributed by atoms with Crippen LogP contribution in [0.3, 0.4) is 0 Å². The summed E-state index contributed by atoms with van der Waals surface area (Å²) >= 11 is -1.40. The number of rotatable bonds is 6. The van der Waals surface area contributed by atoms with Crippen LogP contribution in [0.4, 0.5) is 2.87 Å². The topological polar surface area (TPSA) is 0 Å². The maximum absolute atomic E-state index is 12.0. The van der Waals surface area contributed by atoms with E-state index in [2.05, 4.69) is 13.8 Å². The summed E-state index contributed by atoms with van der Waals surface area (Å²) in [6.07, 6.45) is 4.99. The van der Waals surface area contributed by atoms with Gasteiger partial charge in [0.2, 0.25) is 0 Å². The van der Waals surface area contributed by atoms with Gasteiger partial charge in [0, 0.05) is 0 Å². The van der Waals surface area contributed by atoms with Crippen LogP contribution in [0.15, 0.2) is 0 Å². The standard InChI is InChI=1S/C8H17.FH.Sn/c1-4-6-7-8(3)5-2;;/h8H,3-7H2,1-2H3;1H;/q;;+1/p-1. The third-order valence-corrected chi connectivity index (χ3v) is 4.00. The van der Waals surface area contributed by atoms with Gasteiger partial charge in [-0.1, -0.05) is 0 Å². The van der Waals surface area contributed by atoms with Gasteiger partial charge in [-0.15, -0.1) is 0 Å². The van der Waals surface area contributed by atoms with E-state index in [4.69, 9.17) is 0 Å². The van der Waals surface area contributed by atoms with E-state index >= 15 is 0 Å². The Morgan fingerprint density at radius 2 is 2.10 bits per heavy atom. The van der Waals surface area contributed by atoms with Crippen molar-refractivity contribution in [3.05, 3.63) is 0 Å². The Labute approximate surface area is 74.6 Å². The Bertz CT molecular complexity index is 66.3. The normalized spacial score (nSPS) is 13.5. The van der Waals surface area contributed by atoms with Gasteiger partial charge in [-0.3, -0.25) is 0 Å². The van der Waals surface area contributed by atoms with Crippen molar-refractivity contribution < 1.29 is 2.87 Å². The monoisotopic (exact) mass is 252 g/mol. The molecule has 0 bridgehead atoms. The average molecular weight is 251 g/mol. The van der Waals surface area contributed by atoms with Crippen LogP contribution in [0.2, 0.25) is 4.44 Å². The van der Waals surface area contributed by atoms with E-state index in [0.29, 0.717) is 0 Å².